The Balaban J connectivity index is 1.45. The highest BCUT2D eigenvalue weighted by atomic mass is 35.5. The molecule has 1 saturated heterocycles. The quantitative estimate of drug-likeness (QED) is 0.560. The molecule has 1 aromatic carbocycles. The zero-order valence-corrected chi connectivity index (χ0v) is 19.6. The molecule has 8 nitrogen and oxygen atoms in total. The van der Waals surface area contributed by atoms with E-state index in [-0.39, 0.29) is 18.5 Å². The van der Waals surface area contributed by atoms with Gasteiger partial charge in [0.2, 0.25) is 5.91 Å². The molecule has 32 heavy (non-hydrogen) atoms. The number of rotatable bonds is 5. The van der Waals surface area contributed by atoms with E-state index in [2.05, 4.69) is 20.0 Å². The van der Waals surface area contributed by atoms with Crippen molar-refractivity contribution < 1.29 is 9.53 Å². The summed E-state index contributed by atoms with van der Waals surface area (Å²) < 4.78 is 6.98. The van der Waals surface area contributed by atoms with Gasteiger partial charge >= 0.3 is 0 Å². The second-order valence-corrected chi connectivity index (χ2v) is 8.49. The number of carbonyl (C=O) groups is 1. The minimum Gasteiger partial charge on any atom is -0.495 e. The Bertz CT molecular complexity index is 1120. The fourth-order valence-electron chi connectivity index (χ4n) is 3.90. The van der Waals surface area contributed by atoms with Gasteiger partial charge in [0.1, 0.15) is 24.3 Å². The number of aromatic nitrogens is 4. The molecule has 2 aromatic heterocycles. The molecule has 168 valence electrons. The SMILES string of the molecule is COc1cc(N2CCN(C(=O)Cn3nc(-c4ccncn4)c(Cl)c3C)C(C)C2)ccc1Cl. The zero-order chi connectivity index (χ0) is 22.8. The van der Waals surface area contributed by atoms with Gasteiger partial charge in [0.05, 0.1) is 28.5 Å². The summed E-state index contributed by atoms with van der Waals surface area (Å²) in [7, 11) is 1.60. The number of hydrogen-bond donors (Lipinski definition) is 0. The van der Waals surface area contributed by atoms with E-state index in [1.54, 1.807) is 24.1 Å². The summed E-state index contributed by atoms with van der Waals surface area (Å²) in [4.78, 5) is 25.4. The smallest absolute Gasteiger partial charge is 0.244 e. The number of piperazine rings is 1. The number of halogens is 2. The molecule has 0 N–H and O–H groups in total. The average Bonchev–Trinajstić information content (AvgIpc) is 3.08. The maximum Gasteiger partial charge on any atom is 0.244 e. The van der Waals surface area contributed by atoms with Crippen LogP contribution < -0.4 is 9.64 Å². The number of benzene rings is 1. The number of methoxy groups -OCH3 is 1. The molecule has 4 rings (SSSR count). The van der Waals surface area contributed by atoms with E-state index in [9.17, 15) is 4.79 Å². The summed E-state index contributed by atoms with van der Waals surface area (Å²) in [5, 5.41) is 5.61. The first-order chi connectivity index (χ1) is 15.4. The van der Waals surface area contributed by atoms with E-state index >= 15 is 0 Å². The summed E-state index contributed by atoms with van der Waals surface area (Å²) in [6.07, 6.45) is 3.08. The molecule has 1 unspecified atom stereocenters. The van der Waals surface area contributed by atoms with E-state index in [1.165, 1.54) is 6.33 Å². The van der Waals surface area contributed by atoms with Crippen LogP contribution in [0.15, 0.2) is 36.8 Å². The number of amides is 1. The molecule has 10 heteroatoms. The third kappa shape index (κ3) is 4.38. The molecule has 0 saturated carbocycles. The molecule has 0 spiro atoms. The standard InChI is InChI=1S/C22H24Cl2N6O2/c1-14-11-28(16-4-5-17(23)19(10-16)32-3)8-9-29(14)20(31)12-30-15(2)21(24)22(27-30)18-6-7-25-13-26-18/h4-7,10,13-14H,8-9,11-12H2,1-3H3. The highest BCUT2D eigenvalue weighted by Crippen LogP contribution is 2.31. The lowest BCUT2D eigenvalue weighted by atomic mass is 10.1. The van der Waals surface area contributed by atoms with E-state index in [4.69, 9.17) is 27.9 Å². The minimum atomic E-state index is 0.00217. The van der Waals surface area contributed by atoms with Crippen LogP contribution in [-0.2, 0) is 11.3 Å². The van der Waals surface area contributed by atoms with Crippen LogP contribution in [0.3, 0.4) is 0 Å². The number of ether oxygens (including phenoxy) is 1. The molecule has 1 atom stereocenters. The first kappa shape index (κ1) is 22.4. The Kier molecular flexibility index (Phi) is 6.53. The maximum absolute atomic E-state index is 13.1. The molecule has 1 amide bonds. The minimum absolute atomic E-state index is 0.00217. The Morgan fingerprint density at radius 2 is 2.06 bits per heavy atom. The predicted octanol–water partition coefficient (Wildman–Crippen LogP) is 3.70. The molecule has 0 radical (unpaired) electrons. The molecule has 1 aliphatic heterocycles. The lowest BCUT2D eigenvalue weighted by molar-refractivity contribution is -0.134. The van der Waals surface area contributed by atoms with Crippen molar-refractivity contribution >= 4 is 34.8 Å². The fraction of sp³-hybridized carbons (Fsp3) is 0.364. The van der Waals surface area contributed by atoms with Crippen molar-refractivity contribution in [3.05, 3.63) is 52.5 Å². The van der Waals surface area contributed by atoms with Gasteiger partial charge in [0.25, 0.3) is 0 Å². The van der Waals surface area contributed by atoms with E-state index in [0.717, 1.165) is 11.4 Å². The highest BCUT2D eigenvalue weighted by Gasteiger charge is 2.29. The topological polar surface area (TPSA) is 76.4 Å². The van der Waals surface area contributed by atoms with Crippen molar-refractivity contribution in [3.8, 4) is 17.1 Å². The van der Waals surface area contributed by atoms with E-state index in [1.807, 2.05) is 36.9 Å². The second-order valence-electron chi connectivity index (χ2n) is 7.70. The molecule has 0 bridgehead atoms. The average molecular weight is 475 g/mol. The van der Waals surface area contributed by atoms with Crippen molar-refractivity contribution in [2.24, 2.45) is 0 Å². The lowest BCUT2D eigenvalue weighted by Gasteiger charge is -2.41. The fourth-order valence-corrected chi connectivity index (χ4v) is 4.33. The van der Waals surface area contributed by atoms with Crippen LogP contribution in [0.4, 0.5) is 5.69 Å². The van der Waals surface area contributed by atoms with Crippen LogP contribution in [-0.4, -0.2) is 63.3 Å². The van der Waals surface area contributed by atoms with Crippen molar-refractivity contribution in [2.45, 2.75) is 26.4 Å². The molecular weight excluding hydrogens is 451 g/mol. The Hall–Kier alpha value is -2.84. The number of carbonyl (C=O) groups excluding carboxylic acids is 1. The molecule has 3 heterocycles. The van der Waals surface area contributed by atoms with Crippen molar-refractivity contribution in [3.63, 3.8) is 0 Å². The normalized spacial score (nSPS) is 16.3. The van der Waals surface area contributed by atoms with Crippen LogP contribution >= 0.6 is 23.2 Å². The van der Waals surface area contributed by atoms with E-state index < -0.39 is 0 Å². The van der Waals surface area contributed by atoms with Crippen LogP contribution in [0.2, 0.25) is 10.0 Å². The van der Waals surface area contributed by atoms with Crippen molar-refractivity contribution in [1.82, 2.24) is 24.6 Å². The predicted molar refractivity (Wildman–Crippen MR) is 124 cm³/mol. The third-order valence-electron chi connectivity index (χ3n) is 5.69. The van der Waals surface area contributed by atoms with Crippen LogP contribution in [0.5, 0.6) is 5.75 Å². The molecule has 1 aliphatic rings. The third-order valence-corrected chi connectivity index (χ3v) is 6.46. The Morgan fingerprint density at radius 1 is 1.25 bits per heavy atom. The van der Waals surface area contributed by atoms with Gasteiger partial charge in [0.15, 0.2) is 0 Å². The maximum atomic E-state index is 13.1. The first-order valence-corrected chi connectivity index (χ1v) is 11.0. The second kappa shape index (κ2) is 9.34. The molecular formula is C22H24Cl2N6O2. The van der Waals surface area contributed by atoms with Crippen LogP contribution in [0.1, 0.15) is 12.6 Å². The van der Waals surface area contributed by atoms with Gasteiger partial charge < -0.3 is 14.5 Å². The number of hydrogen-bond acceptors (Lipinski definition) is 6. The van der Waals surface area contributed by atoms with Gasteiger partial charge in [-0.25, -0.2) is 9.97 Å². The summed E-state index contributed by atoms with van der Waals surface area (Å²) in [6, 6.07) is 7.50. The van der Waals surface area contributed by atoms with Gasteiger partial charge in [-0.3, -0.25) is 9.48 Å². The van der Waals surface area contributed by atoms with Gasteiger partial charge in [0, 0.05) is 43.6 Å². The number of anilines is 1. The van der Waals surface area contributed by atoms with Gasteiger partial charge in [-0.15, -0.1) is 0 Å². The van der Waals surface area contributed by atoms with Crippen LogP contribution in [0.25, 0.3) is 11.4 Å². The van der Waals surface area contributed by atoms with Gasteiger partial charge in [-0.2, -0.15) is 5.10 Å². The summed E-state index contributed by atoms with van der Waals surface area (Å²) in [5.41, 5.74) is 2.93. The zero-order valence-electron chi connectivity index (χ0n) is 18.1. The van der Waals surface area contributed by atoms with E-state index in [0.29, 0.717) is 46.8 Å². The summed E-state index contributed by atoms with van der Waals surface area (Å²) >= 11 is 12.6. The van der Waals surface area contributed by atoms with Crippen molar-refractivity contribution in [2.75, 3.05) is 31.6 Å². The molecule has 1 fully saturated rings. The first-order valence-electron chi connectivity index (χ1n) is 10.3. The Labute approximate surface area is 196 Å². The monoisotopic (exact) mass is 474 g/mol. The van der Waals surface area contributed by atoms with Gasteiger partial charge in [-0.05, 0) is 32.0 Å². The lowest BCUT2D eigenvalue weighted by Crippen LogP contribution is -2.54. The summed E-state index contributed by atoms with van der Waals surface area (Å²) in [6.45, 7) is 6.05. The van der Waals surface area contributed by atoms with Gasteiger partial charge in [-0.1, -0.05) is 23.2 Å². The number of nitrogens with zero attached hydrogens (tertiary/aromatic N) is 6. The molecule has 3 aromatic rings. The highest BCUT2D eigenvalue weighted by molar-refractivity contribution is 6.33. The Morgan fingerprint density at radius 3 is 2.75 bits per heavy atom. The summed E-state index contributed by atoms with van der Waals surface area (Å²) in [5.74, 6) is 0.642. The van der Waals surface area contributed by atoms with Crippen molar-refractivity contribution in [1.29, 1.82) is 0 Å². The molecule has 0 aliphatic carbocycles. The largest absolute Gasteiger partial charge is 0.495 e. The van der Waals surface area contributed by atoms with Crippen LogP contribution in [0, 0.1) is 6.92 Å².